The number of aryl methyl sites for hydroxylation is 1. The molecule has 0 saturated heterocycles. The quantitative estimate of drug-likeness (QED) is 0.879. The van der Waals surface area contributed by atoms with Crippen LogP contribution >= 0.6 is 15.9 Å². The summed E-state index contributed by atoms with van der Waals surface area (Å²) in [5, 5.41) is 12.8. The third kappa shape index (κ3) is 2.55. The number of hydrogen-bond donors (Lipinski definition) is 1. The molecule has 0 aliphatic heterocycles. The highest BCUT2D eigenvalue weighted by Crippen LogP contribution is 2.13. The fraction of sp³-hybridized carbons (Fsp3) is 0.500. The van der Waals surface area contributed by atoms with Crippen LogP contribution in [0.15, 0.2) is 10.7 Å². The van der Waals surface area contributed by atoms with Crippen LogP contribution in [0.1, 0.15) is 12.6 Å². The number of aromatic nitrogens is 2. The molecule has 0 aromatic carbocycles. The predicted molar refractivity (Wildman–Crippen MR) is 51.4 cm³/mol. The molecular formula is C8H11BrN2O2. The smallest absolute Gasteiger partial charge is 0.306 e. The summed E-state index contributed by atoms with van der Waals surface area (Å²) in [7, 11) is 1.80. The molecule has 0 spiro atoms. The average Bonchev–Trinajstić information content (AvgIpc) is 2.31. The van der Waals surface area contributed by atoms with Gasteiger partial charge >= 0.3 is 5.97 Å². The standard InChI is InChI=1S/C8H11BrN2O2/c1-5(8(12)13)3-6-4-7(9)11(2)10-6/h4-5H,3H2,1-2H3,(H,12,13). The van der Waals surface area contributed by atoms with Gasteiger partial charge in [-0.15, -0.1) is 0 Å². The van der Waals surface area contributed by atoms with Crippen molar-refractivity contribution in [2.75, 3.05) is 0 Å². The van der Waals surface area contributed by atoms with Gasteiger partial charge in [-0.05, 0) is 22.0 Å². The van der Waals surface area contributed by atoms with Crippen molar-refractivity contribution in [3.05, 3.63) is 16.4 Å². The van der Waals surface area contributed by atoms with Crippen LogP contribution in [0.3, 0.4) is 0 Å². The van der Waals surface area contributed by atoms with E-state index >= 15 is 0 Å². The molecule has 1 unspecified atom stereocenters. The first-order valence-corrected chi connectivity index (χ1v) is 4.71. The number of carboxylic acid groups (broad SMARTS) is 1. The molecule has 0 radical (unpaired) electrons. The Balaban J connectivity index is 2.69. The minimum Gasteiger partial charge on any atom is -0.481 e. The second-order valence-corrected chi connectivity index (χ2v) is 3.84. The highest BCUT2D eigenvalue weighted by Gasteiger charge is 2.13. The van der Waals surface area contributed by atoms with E-state index in [2.05, 4.69) is 21.0 Å². The SMILES string of the molecule is CC(Cc1cc(Br)n(C)n1)C(=O)O. The van der Waals surface area contributed by atoms with E-state index in [0.29, 0.717) is 6.42 Å². The summed E-state index contributed by atoms with van der Waals surface area (Å²) < 4.78 is 2.53. The number of rotatable bonds is 3. The highest BCUT2D eigenvalue weighted by molar-refractivity contribution is 9.10. The van der Waals surface area contributed by atoms with Crippen LogP contribution in [0.2, 0.25) is 0 Å². The molecular weight excluding hydrogens is 236 g/mol. The lowest BCUT2D eigenvalue weighted by atomic mass is 10.1. The van der Waals surface area contributed by atoms with E-state index in [-0.39, 0.29) is 5.92 Å². The fourth-order valence-corrected chi connectivity index (χ4v) is 1.34. The van der Waals surface area contributed by atoms with E-state index in [1.54, 1.807) is 18.7 Å². The van der Waals surface area contributed by atoms with Gasteiger partial charge in [-0.3, -0.25) is 9.48 Å². The number of halogens is 1. The molecule has 0 aliphatic rings. The molecule has 72 valence electrons. The lowest BCUT2D eigenvalue weighted by molar-refractivity contribution is -0.141. The molecule has 0 fully saturated rings. The Kier molecular flexibility index (Phi) is 3.08. The van der Waals surface area contributed by atoms with Crippen LogP contribution in [0.25, 0.3) is 0 Å². The molecule has 1 atom stereocenters. The minimum atomic E-state index is -0.790. The van der Waals surface area contributed by atoms with Gasteiger partial charge in [0.15, 0.2) is 0 Å². The molecule has 0 bridgehead atoms. The van der Waals surface area contributed by atoms with E-state index in [4.69, 9.17) is 5.11 Å². The molecule has 1 heterocycles. The van der Waals surface area contributed by atoms with Gasteiger partial charge in [0.1, 0.15) is 4.60 Å². The predicted octanol–water partition coefficient (Wildman–Crippen LogP) is 1.45. The summed E-state index contributed by atoms with van der Waals surface area (Å²) in [6.07, 6.45) is 0.467. The Morgan fingerprint density at radius 1 is 1.85 bits per heavy atom. The van der Waals surface area contributed by atoms with E-state index in [9.17, 15) is 4.79 Å². The van der Waals surface area contributed by atoms with Gasteiger partial charge in [-0.1, -0.05) is 6.92 Å². The van der Waals surface area contributed by atoms with Gasteiger partial charge in [-0.2, -0.15) is 5.10 Å². The summed E-state index contributed by atoms with van der Waals surface area (Å²) >= 11 is 3.30. The molecule has 0 saturated carbocycles. The van der Waals surface area contributed by atoms with Crippen molar-refractivity contribution in [1.29, 1.82) is 0 Å². The Morgan fingerprint density at radius 2 is 2.46 bits per heavy atom. The molecule has 0 aliphatic carbocycles. The molecule has 1 N–H and O–H groups in total. The van der Waals surface area contributed by atoms with Crippen molar-refractivity contribution >= 4 is 21.9 Å². The van der Waals surface area contributed by atoms with Gasteiger partial charge < -0.3 is 5.11 Å². The lowest BCUT2D eigenvalue weighted by Crippen LogP contribution is -2.12. The van der Waals surface area contributed by atoms with Gasteiger partial charge in [0.05, 0.1) is 11.6 Å². The molecule has 5 heteroatoms. The van der Waals surface area contributed by atoms with Crippen molar-refractivity contribution < 1.29 is 9.90 Å². The van der Waals surface area contributed by atoms with E-state index in [1.165, 1.54) is 0 Å². The number of carboxylic acids is 1. The second-order valence-electron chi connectivity index (χ2n) is 3.03. The third-order valence-corrected chi connectivity index (χ3v) is 2.55. The topological polar surface area (TPSA) is 55.1 Å². The van der Waals surface area contributed by atoms with Crippen LogP contribution in [-0.4, -0.2) is 20.9 Å². The summed E-state index contributed by atoms with van der Waals surface area (Å²) in [6, 6.07) is 1.83. The van der Waals surface area contributed by atoms with Crippen LogP contribution in [0, 0.1) is 5.92 Å². The van der Waals surface area contributed by atoms with Gasteiger partial charge in [0, 0.05) is 13.5 Å². The van der Waals surface area contributed by atoms with Crippen molar-refractivity contribution in [3.63, 3.8) is 0 Å². The lowest BCUT2D eigenvalue weighted by Gasteiger charge is -2.01. The zero-order valence-corrected chi connectivity index (χ0v) is 9.08. The maximum Gasteiger partial charge on any atom is 0.306 e. The molecule has 1 aromatic rings. The third-order valence-electron chi connectivity index (χ3n) is 1.81. The van der Waals surface area contributed by atoms with Crippen LogP contribution < -0.4 is 0 Å². The Hall–Kier alpha value is -0.840. The van der Waals surface area contributed by atoms with Crippen molar-refractivity contribution in [3.8, 4) is 0 Å². The van der Waals surface area contributed by atoms with Gasteiger partial charge in [0.25, 0.3) is 0 Å². The van der Waals surface area contributed by atoms with Crippen molar-refractivity contribution in [2.45, 2.75) is 13.3 Å². The number of nitrogens with zero attached hydrogens (tertiary/aromatic N) is 2. The molecule has 0 amide bonds. The minimum absolute atomic E-state index is 0.387. The number of carbonyl (C=O) groups is 1. The summed E-state index contributed by atoms with van der Waals surface area (Å²) in [5.74, 6) is -1.18. The van der Waals surface area contributed by atoms with Crippen LogP contribution in [-0.2, 0) is 18.3 Å². The van der Waals surface area contributed by atoms with Crippen LogP contribution in [0.5, 0.6) is 0 Å². The summed E-state index contributed by atoms with van der Waals surface area (Å²) in [5.41, 5.74) is 0.796. The van der Waals surface area contributed by atoms with E-state index < -0.39 is 5.97 Å². The highest BCUT2D eigenvalue weighted by atomic mass is 79.9. The summed E-state index contributed by atoms with van der Waals surface area (Å²) in [4.78, 5) is 10.5. The number of aliphatic carboxylic acids is 1. The van der Waals surface area contributed by atoms with Gasteiger partial charge in [-0.25, -0.2) is 0 Å². The maximum absolute atomic E-state index is 10.5. The molecule has 1 aromatic heterocycles. The monoisotopic (exact) mass is 246 g/mol. The second kappa shape index (κ2) is 3.91. The van der Waals surface area contributed by atoms with E-state index in [0.717, 1.165) is 10.3 Å². The Labute approximate surface area is 84.7 Å². The first-order chi connectivity index (χ1) is 6.00. The zero-order chi connectivity index (χ0) is 10.0. The van der Waals surface area contributed by atoms with Crippen LogP contribution in [0.4, 0.5) is 0 Å². The molecule has 13 heavy (non-hydrogen) atoms. The Bertz CT molecular complexity index is 302. The first-order valence-electron chi connectivity index (χ1n) is 3.92. The zero-order valence-electron chi connectivity index (χ0n) is 7.49. The maximum atomic E-state index is 10.5. The first kappa shape index (κ1) is 10.2. The average molecular weight is 247 g/mol. The largest absolute Gasteiger partial charge is 0.481 e. The van der Waals surface area contributed by atoms with Gasteiger partial charge in [0.2, 0.25) is 0 Å². The fourth-order valence-electron chi connectivity index (χ4n) is 1.00. The summed E-state index contributed by atoms with van der Waals surface area (Å²) in [6.45, 7) is 1.67. The normalized spacial score (nSPS) is 12.8. The number of hydrogen-bond acceptors (Lipinski definition) is 2. The molecule has 4 nitrogen and oxygen atoms in total. The van der Waals surface area contributed by atoms with Crippen molar-refractivity contribution in [1.82, 2.24) is 9.78 Å². The Morgan fingerprint density at radius 3 is 2.85 bits per heavy atom. The van der Waals surface area contributed by atoms with Crippen molar-refractivity contribution in [2.24, 2.45) is 13.0 Å². The molecule has 1 rings (SSSR count). The van der Waals surface area contributed by atoms with E-state index in [1.807, 2.05) is 6.07 Å².